The van der Waals surface area contributed by atoms with Crippen LogP contribution >= 0.6 is 0 Å². The van der Waals surface area contributed by atoms with E-state index in [4.69, 9.17) is 0 Å². The van der Waals surface area contributed by atoms with Gasteiger partial charge in [-0.15, -0.1) is 0 Å². The highest BCUT2D eigenvalue weighted by Gasteiger charge is 2.15. The van der Waals surface area contributed by atoms with Crippen LogP contribution in [0.3, 0.4) is 0 Å². The Morgan fingerprint density at radius 3 is 2.78 bits per heavy atom. The molecule has 0 saturated carbocycles. The highest BCUT2D eigenvalue weighted by molar-refractivity contribution is 6.01. The average Bonchev–Trinajstić information content (AvgIpc) is 3.01. The lowest BCUT2D eigenvalue weighted by Gasteiger charge is -2.15. The van der Waals surface area contributed by atoms with Gasteiger partial charge in [-0.2, -0.15) is 10.2 Å². The molecule has 124 valence electrons. The van der Waals surface area contributed by atoms with Crippen LogP contribution in [0, 0.1) is 5.41 Å². The van der Waals surface area contributed by atoms with Gasteiger partial charge in [0.2, 0.25) is 5.91 Å². The highest BCUT2D eigenvalue weighted by Crippen LogP contribution is 2.21. The lowest BCUT2D eigenvalue weighted by molar-refractivity contribution is -0.111. The summed E-state index contributed by atoms with van der Waals surface area (Å²) in [5.41, 5.74) is 2.04. The number of aromatic nitrogens is 4. The Morgan fingerprint density at radius 2 is 2.13 bits per heavy atom. The Labute approximate surface area is 137 Å². The van der Waals surface area contributed by atoms with Gasteiger partial charge in [0.25, 0.3) is 0 Å². The molecule has 0 aliphatic rings. The molecule has 0 saturated heterocycles. The number of carbonyl (C=O) groups excluding carboxylic acids is 1. The molecule has 2 rings (SSSR count). The molecule has 0 bridgehead atoms. The first kappa shape index (κ1) is 17.0. The molecule has 2 aromatic heterocycles. The second-order valence-corrected chi connectivity index (χ2v) is 6.78. The first-order chi connectivity index (χ1) is 10.8. The van der Waals surface area contributed by atoms with Crippen molar-refractivity contribution < 1.29 is 4.79 Å². The van der Waals surface area contributed by atoms with E-state index in [0.717, 1.165) is 24.4 Å². The standard InChI is InChI=1S/C17H25N5O/c1-6-22-14(9-10-18-22)7-8-16(23)19-15-11-13(20-21(15)5)12-17(2,3)4/h7-11H,6,12H2,1-5H3,(H,19,23)/b8-7+. The summed E-state index contributed by atoms with van der Waals surface area (Å²) in [4.78, 5) is 12.1. The monoisotopic (exact) mass is 315 g/mol. The largest absolute Gasteiger partial charge is 0.307 e. The summed E-state index contributed by atoms with van der Waals surface area (Å²) in [6, 6.07) is 3.80. The smallest absolute Gasteiger partial charge is 0.249 e. The average molecular weight is 315 g/mol. The molecular weight excluding hydrogens is 290 g/mol. The molecule has 1 N–H and O–H groups in total. The van der Waals surface area contributed by atoms with Gasteiger partial charge >= 0.3 is 0 Å². The maximum absolute atomic E-state index is 12.1. The van der Waals surface area contributed by atoms with Gasteiger partial charge in [0, 0.05) is 31.9 Å². The summed E-state index contributed by atoms with van der Waals surface area (Å²) < 4.78 is 3.53. The van der Waals surface area contributed by atoms with Crippen molar-refractivity contribution in [3.05, 3.63) is 35.8 Å². The highest BCUT2D eigenvalue weighted by atomic mass is 16.1. The van der Waals surface area contributed by atoms with Crippen molar-refractivity contribution in [2.45, 2.75) is 40.7 Å². The Morgan fingerprint density at radius 1 is 1.39 bits per heavy atom. The third-order valence-corrected chi connectivity index (χ3v) is 3.35. The minimum absolute atomic E-state index is 0.161. The van der Waals surface area contributed by atoms with Crippen molar-refractivity contribution in [1.29, 1.82) is 0 Å². The van der Waals surface area contributed by atoms with E-state index in [-0.39, 0.29) is 11.3 Å². The number of aryl methyl sites for hydroxylation is 2. The second kappa shape index (κ2) is 6.81. The molecule has 6 heteroatoms. The van der Waals surface area contributed by atoms with E-state index in [1.165, 1.54) is 6.08 Å². The third kappa shape index (κ3) is 4.81. The molecule has 0 atom stereocenters. The van der Waals surface area contributed by atoms with Gasteiger partial charge < -0.3 is 5.32 Å². The zero-order chi connectivity index (χ0) is 17.0. The van der Waals surface area contributed by atoms with Crippen molar-refractivity contribution in [3.8, 4) is 0 Å². The second-order valence-electron chi connectivity index (χ2n) is 6.78. The predicted octanol–water partition coefficient (Wildman–Crippen LogP) is 2.88. The molecule has 0 aromatic carbocycles. The minimum atomic E-state index is -0.181. The Balaban J connectivity index is 2.03. The number of amides is 1. The predicted molar refractivity (Wildman–Crippen MR) is 91.9 cm³/mol. The van der Waals surface area contributed by atoms with Crippen LogP contribution in [0.5, 0.6) is 0 Å². The number of nitrogens with zero attached hydrogens (tertiary/aromatic N) is 4. The molecule has 6 nitrogen and oxygen atoms in total. The Hall–Kier alpha value is -2.37. The summed E-state index contributed by atoms with van der Waals surface area (Å²) in [7, 11) is 1.83. The first-order valence-corrected chi connectivity index (χ1v) is 7.82. The lowest BCUT2D eigenvalue weighted by Crippen LogP contribution is -2.11. The molecule has 23 heavy (non-hydrogen) atoms. The van der Waals surface area contributed by atoms with Gasteiger partial charge in [-0.05, 0) is 30.9 Å². The molecule has 0 radical (unpaired) electrons. The Bertz CT molecular complexity index is 703. The van der Waals surface area contributed by atoms with Crippen LogP contribution in [0.2, 0.25) is 0 Å². The van der Waals surface area contributed by atoms with Crippen LogP contribution in [-0.4, -0.2) is 25.5 Å². The van der Waals surface area contributed by atoms with E-state index < -0.39 is 0 Å². The molecule has 0 spiro atoms. The van der Waals surface area contributed by atoms with Crippen molar-refractivity contribution in [1.82, 2.24) is 19.6 Å². The maximum Gasteiger partial charge on any atom is 0.249 e. The fourth-order valence-electron chi connectivity index (χ4n) is 2.35. The van der Waals surface area contributed by atoms with E-state index in [0.29, 0.717) is 5.82 Å². The number of anilines is 1. The third-order valence-electron chi connectivity index (χ3n) is 3.35. The SMILES string of the molecule is CCn1nccc1/C=C/C(=O)Nc1cc(CC(C)(C)C)nn1C. The number of rotatable bonds is 5. The summed E-state index contributed by atoms with van der Waals surface area (Å²) in [5, 5.41) is 11.5. The maximum atomic E-state index is 12.1. The van der Waals surface area contributed by atoms with E-state index in [2.05, 4.69) is 36.3 Å². The van der Waals surface area contributed by atoms with Crippen LogP contribution < -0.4 is 5.32 Å². The number of hydrogen-bond acceptors (Lipinski definition) is 3. The van der Waals surface area contributed by atoms with Crippen molar-refractivity contribution in [3.63, 3.8) is 0 Å². The van der Waals surface area contributed by atoms with Gasteiger partial charge in [0.1, 0.15) is 5.82 Å². The topological polar surface area (TPSA) is 64.7 Å². The van der Waals surface area contributed by atoms with Gasteiger partial charge in [0.15, 0.2) is 0 Å². The van der Waals surface area contributed by atoms with E-state index in [1.54, 1.807) is 17.0 Å². The van der Waals surface area contributed by atoms with Crippen LogP contribution in [0.4, 0.5) is 5.82 Å². The Kier molecular flexibility index (Phi) is 5.03. The molecular formula is C17H25N5O. The quantitative estimate of drug-likeness (QED) is 0.863. The van der Waals surface area contributed by atoms with Crippen LogP contribution in [-0.2, 0) is 24.8 Å². The van der Waals surface area contributed by atoms with Crippen LogP contribution in [0.1, 0.15) is 39.1 Å². The lowest BCUT2D eigenvalue weighted by atomic mass is 9.91. The van der Waals surface area contributed by atoms with Crippen molar-refractivity contribution in [2.75, 3.05) is 5.32 Å². The molecule has 0 unspecified atom stereocenters. The van der Waals surface area contributed by atoms with Crippen LogP contribution in [0.25, 0.3) is 6.08 Å². The normalized spacial score (nSPS) is 12.0. The van der Waals surface area contributed by atoms with Gasteiger partial charge in [0.05, 0.1) is 11.4 Å². The fraction of sp³-hybridized carbons (Fsp3) is 0.471. The fourth-order valence-corrected chi connectivity index (χ4v) is 2.35. The number of hydrogen-bond donors (Lipinski definition) is 1. The minimum Gasteiger partial charge on any atom is -0.307 e. The van der Waals surface area contributed by atoms with Crippen molar-refractivity contribution in [2.24, 2.45) is 12.5 Å². The summed E-state index contributed by atoms with van der Waals surface area (Å²) in [6.07, 6.45) is 5.86. The summed E-state index contributed by atoms with van der Waals surface area (Å²) >= 11 is 0. The summed E-state index contributed by atoms with van der Waals surface area (Å²) in [6.45, 7) is 9.28. The molecule has 0 aliphatic heterocycles. The molecule has 0 aliphatic carbocycles. The van der Waals surface area contributed by atoms with Crippen molar-refractivity contribution >= 4 is 17.8 Å². The van der Waals surface area contributed by atoms with Gasteiger partial charge in [-0.25, -0.2) is 0 Å². The number of nitrogens with one attached hydrogen (secondary N) is 1. The van der Waals surface area contributed by atoms with Gasteiger partial charge in [-0.1, -0.05) is 20.8 Å². The zero-order valence-electron chi connectivity index (χ0n) is 14.5. The molecule has 1 amide bonds. The molecule has 2 heterocycles. The molecule has 2 aromatic rings. The van der Waals surface area contributed by atoms with E-state index in [1.807, 2.05) is 30.8 Å². The van der Waals surface area contributed by atoms with Gasteiger partial charge in [-0.3, -0.25) is 14.2 Å². The molecule has 0 fully saturated rings. The zero-order valence-corrected chi connectivity index (χ0v) is 14.5. The number of carbonyl (C=O) groups is 1. The van der Waals surface area contributed by atoms with E-state index in [9.17, 15) is 4.79 Å². The first-order valence-electron chi connectivity index (χ1n) is 7.82. The summed E-state index contributed by atoms with van der Waals surface area (Å²) in [5.74, 6) is 0.516. The van der Waals surface area contributed by atoms with E-state index >= 15 is 0 Å². The van der Waals surface area contributed by atoms with Crippen LogP contribution in [0.15, 0.2) is 24.4 Å².